The second-order valence-corrected chi connectivity index (χ2v) is 6.65. The molecule has 0 aliphatic rings. The van der Waals surface area contributed by atoms with Crippen molar-refractivity contribution in [2.75, 3.05) is 13.1 Å². The third-order valence-corrected chi connectivity index (χ3v) is 6.25. The van der Waals surface area contributed by atoms with E-state index in [4.69, 9.17) is 15.6 Å². The van der Waals surface area contributed by atoms with Crippen LogP contribution in [0.2, 0.25) is 12.1 Å². The van der Waals surface area contributed by atoms with Crippen LogP contribution in [-0.2, 0) is 4.12 Å². The Bertz CT molecular complexity index is 74.7. The second-order valence-electron chi connectivity index (χ2n) is 2.37. The van der Waals surface area contributed by atoms with E-state index in [-0.39, 0.29) is 0 Å². The van der Waals surface area contributed by atoms with Gasteiger partial charge in [-0.05, 0) is 31.6 Å². The van der Waals surface area contributed by atoms with Gasteiger partial charge in [0.15, 0.2) is 9.04 Å². The molecule has 0 bridgehead atoms. The average Bonchev–Trinajstić information content (AvgIpc) is 1.98. The van der Waals surface area contributed by atoms with Crippen LogP contribution < -0.4 is 11.5 Å². The van der Waals surface area contributed by atoms with Gasteiger partial charge in [-0.15, -0.1) is 0 Å². The van der Waals surface area contributed by atoms with E-state index in [9.17, 15) is 0 Å². The highest BCUT2D eigenvalue weighted by molar-refractivity contribution is 6.55. The van der Waals surface area contributed by atoms with Crippen molar-refractivity contribution >= 4 is 19.5 Å². The van der Waals surface area contributed by atoms with Crippen LogP contribution in [0.5, 0.6) is 0 Å². The minimum Gasteiger partial charge on any atom is -0.465 e. The van der Waals surface area contributed by atoms with E-state index in [1.807, 2.05) is 0 Å². The smallest absolute Gasteiger partial charge is 0.163 e. The largest absolute Gasteiger partial charge is 0.465 e. The van der Waals surface area contributed by atoms with E-state index in [0.717, 1.165) is 36.0 Å². The maximum Gasteiger partial charge on any atom is 0.163 e. The fourth-order valence-corrected chi connectivity index (χ4v) is 4.15. The Morgan fingerprint density at radius 3 is 2.30 bits per heavy atom. The Balaban J connectivity index is 3.21. The molecule has 0 aliphatic carbocycles. The summed E-state index contributed by atoms with van der Waals surface area (Å²) in [6.07, 6.45) is 1.11. The van der Waals surface area contributed by atoms with Gasteiger partial charge >= 0.3 is 0 Å². The predicted molar refractivity (Wildman–Crippen MR) is 50.5 cm³/mol. The lowest BCUT2D eigenvalue weighted by Crippen LogP contribution is -2.21. The van der Waals surface area contributed by atoms with Gasteiger partial charge in [0.2, 0.25) is 0 Å². The van der Waals surface area contributed by atoms with E-state index in [2.05, 4.69) is 0 Å². The standard InChI is InChI=1S/C5H18N2OSi2/c6-2-1-4-10(8-9)5-3-7/h10H,1-7H2,9H3. The molecular weight excluding hydrogens is 160 g/mol. The van der Waals surface area contributed by atoms with Gasteiger partial charge in [0, 0.05) is 0 Å². The molecular formula is C5H18N2OSi2. The molecule has 0 aromatic rings. The molecule has 0 aromatic heterocycles. The van der Waals surface area contributed by atoms with Gasteiger partial charge in [0.05, 0.1) is 0 Å². The summed E-state index contributed by atoms with van der Waals surface area (Å²) in [6, 6.07) is 2.32. The summed E-state index contributed by atoms with van der Waals surface area (Å²) in [5.41, 5.74) is 10.8. The normalized spacial score (nSPS) is 13.8. The van der Waals surface area contributed by atoms with E-state index in [0.29, 0.717) is 0 Å². The molecule has 0 heterocycles. The Kier molecular flexibility index (Phi) is 7.65. The Morgan fingerprint density at radius 2 is 1.90 bits per heavy atom. The van der Waals surface area contributed by atoms with Crippen molar-refractivity contribution < 1.29 is 4.12 Å². The zero-order chi connectivity index (χ0) is 7.82. The molecule has 0 fully saturated rings. The Labute approximate surface area is 67.4 Å². The van der Waals surface area contributed by atoms with Crippen LogP contribution in [0.15, 0.2) is 0 Å². The van der Waals surface area contributed by atoms with Crippen molar-refractivity contribution in [2.45, 2.75) is 18.5 Å². The van der Waals surface area contributed by atoms with Gasteiger partial charge in [-0.1, -0.05) is 0 Å². The third kappa shape index (κ3) is 5.13. The van der Waals surface area contributed by atoms with Gasteiger partial charge in [0.1, 0.15) is 10.5 Å². The Hall–Kier alpha value is 0.314. The molecule has 0 saturated carbocycles. The second kappa shape index (κ2) is 7.42. The molecule has 0 spiro atoms. The van der Waals surface area contributed by atoms with Crippen LogP contribution in [-0.4, -0.2) is 32.6 Å². The molecule has 0 rings (SSSR count). The SMILES string of the molecule is NCCC[SiH](CCN)O[SiH3]. The highest BCUT2D eigenvalue weighted by atomic mass is 28.3. The molecule has 10 heavy (non-hydrogen) atoms. The first-order valence-corrected chi connectivity index (χ1v) is 6.70. The number of rotatable bonds is 6. The molecule has 62 valence electrons. The van der Waals surface area contributed by atoms with Crippen LogP contribution in [0.1, 0.15) is 6.42 Å². The summed E-state index contributed by atoms with van der Waals surface area (Å²) in [5, 5.41) is 0. The molecule has 0 radical (unpaired) electrons. The summed E-state index contributed by atoms with van der Waals surface area (Å²) in [4.78, 5) is 0. The number of nitrogens with two attached hydrogens (primary N) is 2. The maximum atomic E-state index is 5.44. The van der Waals surface area contributed by atoms with Crippen molar-refractivity contribution in [3.63, 3.8) is 0 Å². The van der Waals surface area contributed by atoms with Crippen molar-refractivity contribution in [3.05, 3.63) is 0 Å². The van der Waals surface area contributed by atoms with Crippen molar-refractivity contribution in [3.8, 4) is 0 Å². The molecule has 4 N–H and O–H groups in total. The van der Waals surface area contributed by atoms with Crippen LogP contribution in [0.25, 0.3) is 0 Å². The highest BCUT2D eigenvalue weighted by Gasteiger charge is 2.06. The zero-order valence-electron chi connectivity index (χ0n) is 6.68. The van der Waals surface area contributed by atoms with Gasteiger partial charge in [-0.25, -0.2) is 0 Å². The predicted octanol–water partition coefficient (Wildman–Crippen LogP) is -1.69. The molecule has 0 aromatic carbocycles. The van der Waals surface area contributed by atoms with Crippen molar-refractivity contribution in [1.29, 1.82) is 0 Å². The van der Waals surface area contributed by atoms with Gasteiger partial charge in [-0.2, -0.15) is 0 Å². The topological polar surface area (TPSA) is 61.3 Å². The fourth-order valence-electron chi connectivity index (χ4n) is 0.911. The molecule has 0 aliphatic heterocycles. The molecule has 0 amide bonds. The molecule has 0 saturated heterocycles. The lowest BCUT2D eigenvalue weighted by atomic mass is 10.5. The van der Waals surface area contributed by atoms with E-state index in [1.165, 1.54) is 6.04 Å². The van der Waals surface area contributed by atoms with Crippen molar-refractivity contribution in [1.82, 2.24) is 0 Å². The minimum absolute atomic E-state index is 0.781. The van der Waals surface area contributed by atoms with E-state index >= 15 is 0 Å². The van der Waals surface area contributed by atoms with E-state index in [1.54, 1.807) is 0 Å². The summed E-state index contributed by atoms with van der Waals surface area (Å²) >= 11 is 0. The first-order chi connectivity index (χ1) is 4.85. The van der Waals surface area contributed by atoms with Crippen LogP contribution in [0.3, 0.4) is 0 Å². The lowest BCUT2D eigenvalue weighted by Gasteiger charge is -2.11. The van der Waals surface area contributed by atoms with Crippen LogP contribution in [0, 0.1) is 0 Å². The summed E-state index contributed by atoms with van der Waals surface area (Å²) in [5.74, 6) is 0. The minimum atomic E-state index is -0.874. The van der Waals surface area contributed by atoms with Gasteiger partial charge in [-0.3, -0.25) is 0 Å². The van der Waals surface area contributed by atoms with Crippen LogP contribution >= 0.6 is 0 Å². The van der Waals surface area contributed by atoms with Gasteiger partial charge in [0.25, 0.3) is 0 Å². The highest BCUT2D eigenvalue weighted by Crippen LogP contribution is 2.00. The number of hydrogen-bond acceptors (Lipinski definition) is 3. The summed E-state index contributed by atoms with van der Waals surface area (Å²) < 4.78 is 5.44. The summed E-state index contributed by atoms with van der Waals surface area (Å²) in [6.45, 7) is 1.57. The average molecular weight is 178 g/mol. The maximum absolute atomic E-state index is 5.44. The fraction of sp³-hybridized carbons (Fsp3) is 1.00. The molecule has 5 heteroatoms. The number of hydrogen-bond donors (Lipinski definition) is 2. The zero-order valence-corrected chi connectivity index (χ0v) is 9.83. The van der Waals surface area contributed by atoms with E-state index < -0.39 is 9.04 Å². The Morgan fingerprint density at radius 1 is 1.20 bits per heavy atom. The quantitative estimate of drug-likeness (QED) is 0.477. The molecule has 1 unspecified atom stereocenters. The first kappa shape index (κ1) is 10.3. The molecule has 3 nitrogen and oxygen atoms in total. The van der Waals surface area contributed by atoms with Gasteiger partial charge < -0.3 is 15.6 Å². The molecule has 1 atom stereocenters. The van der Waals surface area contributed by atoms with Crippen molar-refractivity contribution in [2.24, 2.45) is 11.5 Å². The third-order valence-electron chi connectivity index (χ3n) is 1.55. The summed E-state index contributed by atoms with van der Waals surface area (Å²) in [7, 11) is -0.00532. The monoisotopic (exact) mass is 178 g/mol. The lowest BCUT2D eigenvalue weighted by molar-refractivity contribution is 0.617. The first-order valence-electron chi connectivity index (χ1n) is 3.78. The van der Waals surface area contributed by atoms with Crippen LogP contribution in [0.4, 0.5) is 0 Å².